The third kappa shape index (κ3) is 4.98. The first-order valence-corrected chi connectivity index (χ1v) is 18.6. The fraction of sp³-hybridized carbons (Fsp3) is 0.176. The van der Waals surface area contributed by atoms with Crippen molar-refractivity contribution in [3.8, 4) is 0 Å². The minimum atomic E-state index is -0.225. The highest BCUT2D eigenvalue weighted by atomic mass is 15.2. The van der Waals surface area contributed by atoms with Gasteiger partial charge in [0.15, 0.2) is 0 Å². The average molecular weight is 672 g/mol. The van der Waals surface area contributed by atoms with Crippen LogP contribution in [-0.4, -0.2) is 0 Å². The molecule has 1 nitrogen and oxygen atoms in total. The fourth-order valence-electron chi connectivity index (χ4n) is 8.88. The molecule has 6 aromatic carbocycles. The number of hydrogen-bond donors (Lipinski definition) is 0. The van der Waals surface area contributed by atoms with Gasteiger partial charge < -0.3 is 4.90 Å². The van der Waals surface area contributed by atoms with Gasteiger partial charge in [0.1, 0.15) is 0 Å². The summed E-state index contributed by atoms with van der Waals surface area (Å²) in [7, 11) is 0. The molecule has 3 aliphatic rings. The second-order valence-corrected chi connectivity index (χ2v) is 16.3. The van der Waals surface area contributed by atoms with Crippen molar-refractivity contribution in [1.82, 2.24) is 0 Å². The third-order valence-corrected chi connectivity index (χ3v) is 11.9. The van der Waals surface area contributed by atoms with Crippen molar-refractivity contribution in [3.05, 3.63) is 194 Å². The molecule has 0 fully saturated rings. The zero-order chi connectivity index (χ0) is 35.8. The van der Waals surface area contributed by atoms with E-state index in [1.807, 2.05) is 0 Å². The number of hydrogen-bond acceptors (Lipinski definition) is 1. The van der Waals surface area contributed by atoms with Crippen LogP contribution in [0.1, 0.15) is 108 Å². The van der Waals surface area contributed by atoms with E-state index in [1.54, 1.807) is 0 Å². The van der Waals surface area contributed by atoms with E-state index < -0.39 is 0 Å². The van der Waals surface area contributed by atoms with Gasteiger partial charge in [-0.05, 0) is 103 Å². The Bertz CT molecular complexity index is 2100. The molecule has 3 aliphatic heterocycles. The molecule has 0 N–H and O–H groups in total. The first kappa shape index (κ1) is 32.3. The maximum Gasteiger partial charge on any atom is 0.0544 e. The fourth-order valence-corrected chi connectivity index (χ4v) is 8.88. The summed E-state index contributed by atoms with van der Waals surface area (Å²) in [5.41, 5.74) is 19.1. The minimum absolute atomic E-state index is 0.225. The summed E-state index contributed by atoms with van der Waals surface area (Å²) in [6, 6.07) is 46.7. The first-order chi connectivity index (χ1) is 25.0. The van der Waals surface area contributed by atoms with Crippen LogP contribution in [0.25, 0.3) is 36.5 Å². The van der Waals surface area contributed by atoms with E-state index in [1.165, 1.54) is 83.8 Å². The summed E-state index contributed by atoms with van der Waals surface area (Å²) in [5, 5.41) is 0. The molecular formula is C51H45N. The maximum atomic E-state index is 2.67. The molecular weight excluding hydrogens is 627 g/mol. The summed E-state index contributed by atoms with van der Waals surface area (Å²) >= 11 is 0. The van der Waals surface area contributed by atoms with Gasteiger partial charge in [-0.3, -0.25) is 0 Å². The highest BCUT2D eigenvalue weighted by molar-refractivity contribution is 6.00. The van der Waals surface area contributed by atoms with Gasteiger partial charge in [-0.1, -0.05) is 169 Å². The van der Waals surface area contributed by atoms with Gasteiger partial charge in [-0.2, -0.15) is 0 Å². The molecule has 9 rings (SSSR count). The van der Waals surface area contributed by atoms with Crippen LogP contribution in [0.4, 0.5) is 17.1 Å². The Morgan fingerprint density at radius 2 is 0.519 bits per heavy atom. The lowest BCUT2D eigenvalue weighted by Gasteiger charge is -2.55. The Kier molecular flexibility index (Phi) is 7.25. The van der Waals surface area contributed by atoms with Crippen molar-refractivity contribution in [1.29, 1.82) is 0 Å². The van der Waals surface area contributed by atoms with Crippen LogP contribution >= 0.6 is 0 Å². The topological polar surface area (TPSA) is 3.24 Å². The lowest BCUT2D eigenvalue weighted by atomic mass is 9.60. The Morgan fingerprint density at radius 3 is 0.750 bits per heavy atom. The summed E-state index contributed by atoms with van der Waals surface area (Å²) in [6.07, 6.45) is 13.7. The van der Waals surface area contributed by atoms with Gasteiger partial charge in [0, 0.05) is 16.2 Å². The zero-order valence-electron chi connectivity index (χ0n) is 31.0. The predicted molar refractivity (Wildman–Crippen MR) is 224 cm³/mol. The molecule has 1 heteroatoms. The summed E-state index contributed by atoms with van der Waals surface area (Å²) in [5.74, 6) is 0. The van der Waals surface area contributed by atoms with Crippen LogP contribution in [0.5, 0.6) is 0 Å². The molecule has 0 saturated heterocycles. The molecule has 6 aromatic rings. The standard InChI is InChI=1S/C51H45N/c1-49(2)40-28-37(25-22-34-16-10-7-11-17-34)30-42-46(40)52-47-41(49)29-38(26-23-35-18-12-8-13-19-35)31-43(47)51(5,6)45-33-39(27-24-36-20-14-9-15-21-36)32-44(48(45)52)50(42,3)4/h7-33H,1-6H3/b25-22+,26-23+,27-24+. The van der Waals surface area contributed by atoms with E-state index in [4.69, 9.17) is 0 Å². The van der Waals surface area contributed by atoms with Crippen molar-refractivity contribution in [3.63, 3.8) is 0 Å². The molecule has 0 spiro atoms. The normalized spacial score (nSPS) is 16.8. The zero-order valence-corrected chi connectivity index (χ0v) is 31.0. The molecule has 0 amide bonds. The van der Waals surface area contributed by atoms with Gasteiger partial charge in [0.05, 0.1) is 17.1 Å². The minimum Gasteiger partial charge on any atom is -0.309 e. The van der Waals surface area contributed by atoms with E-state index >= 15 is 0 Å². The van der Waals surface area contributed by atoms with Crippen molar-refractivity contribution in [2.45, 2.75) is 57.8 Å². The molecule has 0 radical (unpaired) electrons. The Hall–Kier alpha value is -5.66. The quantitative estimate of drug-likeness (QED) is 0.159. The molecule has 3 heterocycles. The van der Waals surface area contributed by atoms with Gasteiger partial charge in [-0.15, -0.1) is 0 Å². The van der Waals surface area contributed by atoms with Crippen molar-refractivity contribution in [2.75, 3.05) is 4.90 Å². The summed E-state index contributed by atoms with van der Waals surface area (Å²) < 4.78 is 0. The van der Waals surface area contributed by atoms with Crippen LogP contribution in [0, 0.1) is 0 Å². The first-order valence-electron chi connectivity index (χ1n) is 18.6. The van der Waals surface area contributed by atoms with Crippen molar-refractivity contribution >= 4 is 53.5 Å². The predicted octanol–water partition coefficient (Wildman–Crippen LogP) is 13.6. The Morgan fingerprint density at radius 1 is 0.308 bits per heavy atom. The number of rotatable bonds is 6. The molecule has 0 unspecified atom stereocenters. The molecule has 0 saturated carbocycles. The summed E-state index contributed by atoms with van der Waals surface area (Å²) in [4.78, 5) is 2.67. The van der Waals surface area contributed by atoms with E-state index in [2.05, 4.69) is 210 Å². The van der Waals surface area contributed by atoms with Gasteiger partial charge in [-0.25, -0.2) is 0 Å². The molecule has 0 bridgehead atoms. The maximum absolute atomic E-state index is 2.67. The van der Waals surface area contributed by atoms with Crippen molar-refractivity contribution < 1.29 is 0 Å². The van der Waals surface area contributed by atoms with Crippen molar-refractivity contribution in [2.24, 2.45) is 0 Å². The molecule has 254 valence electrons. The van der Waals surface area contributed by atoms with E-state index in [0.29, 0.717) is 0 Å². The smallest absolute Gasteiger partial charge is 0.0544 e. The van der Waals surface area contributed by atoms with Crippen LogP contribution < -0.4 is 4.90 Å². The lowest BCUT2D eigenvalue weighted by Crippen LogP contribution is -2.43. The average Bonchev–Trinajstić information content (AvgIpc) is 3.15. The van der Waals surface area contributed by atoms with Crippen LogP contribution in [0.3, 0.4) is 0 Å². The monoisotopic (exact) mass is 671 g/mol. The summed E-state index contributed by atoms with van der Waals surface area (Å²) in [6.45, 7) is 14.6. The largest absolute Gasteiger partial charge is 0.309 e. The number of benzene rings is 6. The van der Waals surface area contributed by atoms with Crippen LogP contribution in [0.2, 0.25) is 0 Å². The second-order valence-electron chi connectivity index (χ2n) is 16.3. The van der Waals surface area contributed by atoms with E-state index in [-0.39, 0.29) is 16.2 Å². The van der Waals surface area contributed by atoms with Crippen LogP contribution in [-0.2, 0) is 16.2 Å². The lowest BCUT2D eigenvalue weighted by molar-refractivity contribution is 0.566. The van der Waals surface area contributed by atoms with Gasteiger partial charge in [0.2, 0.25) is 0 Å². The third-order valence-electron chi connectivity index (χ3n) is 11.9. The molecule has 0 atom stereocenters. The number of nitrogens with zero attached hydrogens (tertiary/aromatic N) is 1. The molecule has 52 heavy (non-hydrogen) atoms. The van der Waals surface area contributed by atoms with Gasteiger partial charge in [0.25, 0.3) is 0 Å². The second kappa shape index (κ2) is 11.7. The highest BCUT2D eigenvalue weighted by Gasteiger charge is 2.52. The molecule has 0 aromatic heterocycles. The van der Waals surface area contributed by atoms with Crippen LogP contribution in [0.15, 0.2) is 127 Å². The number of anilines is 3. The van der Waals surface area contributed by atoms with Gasteiger partial charge >= 0.3 is 0 Å². The van der Waals surface area contributed by atoms with E-state index in [9.17, 15) is 0 Å². The SMILES string of the molecule is CC1(C)c2cc(/C=C/c3ccccc3)cc3c2N2c4c1cc(/C=C/c1ccccc1)cc4C(C)(C)c1cc(/C=C/c4ccccc4)cc(c12)C3(C)C. The molecule has 0 aliphatic carbocycles. The van der Waals surface area contributed by atoms with E-state index in [0.717, 1.165) is 0 Å². The Balaban J connectivity index is 1.32. The Labute approximate surface area is 309 Å². The highest BCUT2D eigenvalue weighted by Crippen LogP contribution is 2.66.